The van der Waals surface area contributed by atoms with Gasteiger partial charge in [-0.1, -0.05) is 34.5 Å². The number of carbonyl (C=O) groups is 2. The van der Waals surface area contributed by atoms with Crippen molar-refractivity contribution in [2.24, 2.45) is 0 Å². The van der Waals surface area contributed by atoms with Crippen LogP contribution in [0.1, 0.15) is 0 Å². The predicted molar refractivity (Wildman–Crippen MR) is 111 cm³/mol. The number of anilines is 2. The lowest BCUT2D eigenvalue weighted by molar-refractivity contribution is -0.120. The SMILES string of the molecule is O=C(Nc1nc2ccc(O)cc2s1)N1CCN(c2ccc(Cl)cc2Cl)C(=O)C1. The third-order valence-electron chi connectivity index (χ3n) is 4.29. The Morgan fingerprint density at radius 1 is 1.18 bits per heavy atom. The highest BCUT2D eigenvalue weighted by Crippen LogP contribution is 2.31. The van der Waals surface area contributed by atoms with Crippen LogP contribution in [0.3, 0.4) is 0 Å². The van der Waals surface area contributed by atoms with Crippen molar-refractivity contribution >= 4 is 67.5 Å². The molecule has 0 aliphatic carbocycles. The van der Waals surface area contributed by atoms with E-state index in [4.69, 9.17) is 23.2 Å². The van der Waals surface area contributed by atoms with Crippen molar-refractivity contribution in [3.8, 4) is 5.75 Å². The van der Waals surface area contributed by atoms with Gasteiger partial charge in [-0.25, -0.2) is 9.78 Å². The van der Waals surface area contributed by atoms with Crippen LogP contribution in [0.4, 0.5) is 15.6 Å². The molecule has 0 saturated carbocycles. The molecule has 0 bridgehead atoms. The van der Waals surface area contributed by atoms with E-state index < -0.39 is 6.03 Å². The number of thiazole rings is 1. The number of rotatable bonds is 2. The summed E-state index contributed by atoms with van der Waals surface area (Å²) in [4.78, 5) is 32.4. The Labute approximate surface area is 174 Å². The van der Waals surface area contributed by atoms with Crippen LogP contribution in [0.25, 0.3) is 10.2 Å². The summed E-state index contributed by atoms with van der Waals surface area (Å²) in [6.45, 7) is 0.597. The van der Waals surface area contributed by atoms with Gasteiger partial charge < -0.3 is 14.9 Å². The number of nitrogens with one attached hydrogen (secondary N) is 1. The second-order valence-electron chi connectivity index (χ2n) is 6.16. The van der Waals surface area contributed by atoms with Crippen molar-refractivity contribution in [2.45, 2.75) is 0 Å². The molecule has 28 heavy (non-hydrogen) atoms. The number of urea groups is 1. The normalized spacial score (nSPS) is 14.6. The minimum atomic E-state index is -0.404. The summed E-state index contributed by atoms with van der Waals surface area (Å²) in [5, 5.41) is 13.5. The number of benzene rings is 2. The molecule has 10 heteroatoms. The molecule has 1 aliphatic rings. The highest BCUT2D eigenvalue weighted by molar-refractivity contribution is 7.22. The van der Waals surface area contributed by atoms with Crippen molar-refractivity contribution in [1.29, 1.82) is 0 Å². The second-order valence-corrected chi connectivity index (χ2v) is 8.04. The van der Waals surface area contributed by atoms with Crippen LogP contribution in [0.5, 0.6) is 5.75 Å². The van der Waals surface area contributed by atoms with Crippen LogP contribution >= 0.6 is 34.5 Å². The van der Waals surface area contributed by atoms with E-state index in [0.29, 0.717) is 39.5 Å². The molecule has 1 aromatic heterocycles. The molecule has 1 aliphatic heterocycles. The van der Waals surface area contributed by atoms with Crippen LogP contribution in [0.15, 0.2) is 36.4 Å². The first-order valence-corrected chi connectivity index (χ1v) is 9.89. The van der Waals surface area contributed by atoms with Crippen LogP contribution in [-0.2, 0) is 4.79 Å². The number of carbonyl (C=O) groups excluding carboxylic acids is 2. The van der Waals surface area contributed by atoms with Gasteiger partial charge in [0, 0.05) is 18.1 Å². The monoisotopic (exact) mass is 436 g/mol. The maximum atomic E-state index is 12.5. The molecule has 1 saturated heterocycles. The molecule has 2 N–H and O–H groups in total. The van der Waals surface area contributed by atoms with Crippen LogP contribution in [0, 0.1) is 0 Å². The molecule has 2 aromatic carbocycles. The molecule has 0 radical (unpaired) electrons. The topological polar surface area (TPSA) is 85.8 Å². The Kier molecular flexibility index (Phi) is 5.01. The average Bonchev–Trinajstić information content (AvgIpc) is 3.03. The zero-order valence-electron chi connectivity index (χ0n) is 14.4. The number of phenolic OH excluding ortho intramolecular Hbond substituents is 1. The summed E-state index contributed by atoms with van der Waals surface area (Å²) in [7, 11) is 0. The quantitative estimate of drug-likeness (QED) is 0.630. The second kappa shape index (κ2) is 7.46. The molecule has 0 unspecified atom stereocenters. The van der Waals surface area contributed by atoms with Gasteiger partial charge in [0.2, 0.25) is 5.91 Å². The zero-order valence-corrected chi connectivity index (χ0v) is 16.7. The number of nitrogens with zero attached hydrogens (tertiary/aromatic N) is 3. The van der Waals surface area contributed by atoms with Gasteiger partial charge in [0.1, 0.15) is 12.3 Å². The van der Waals surface area contributed by atoms with Gasteiger partial charge in [-0.05, 0) is 36.4 Å². The van der Waals surface area contributed by atoms with E-state index in [1.807, 2.05) is 0 Å². The Balaban J connectivity index is 1.44. The number of hydrogen-bond acceptors (Lipinski definition) is 5. The van der Waals surface area contributed by atoms with Crippen LogP contribution in [0.2, 0.25) is 10.0 Å². The lowest BCUT2D eigenvalue weighted by atomic mass is 10.2. The molecule has 144 valence electrons. The lowest BCUT2D eigenvalue weighted by Gasteiger charge is -2.34. The maximum absolute atomic E-state index is 12.5. The molecule has 3 amide bonds. The fourth-order valence-corrected chi connectivity index (χ4v) is 4.34. The maximum Gasteiger partial charge on any atom is 0.324 e. The van der Waals surface area contributed by atoms with E-state index in [0.717, 1.165) is 4.70 Å². The van der Waals surface area contributed by atoms with Gasteiger partial charge in [0.25, 0.3) is 0 Å². The van der Waals surface area contributed by atoms with Crippen molar-refractivity contribution in [2.75, 3.05) is 29.9 Å². The number of phenols is 1. The standard InChI is InChI=1S/C18H14Cl2N4O3S/c19-10-1-4-14(12(20)7-10)24-6-5-23(9-16(24)26)18(27)22-17-21-13-3-2-11(25)8-15(13)28-17/h1-4,7-8,25H,5-6,9H2,(H,21,22,27). The number of fused-ring (bicyclic) bond motifs is 1. The smallest absolute Gasteiger partial charge is 0.324 e. The third-order valence-corrected chi connectivity index (χ3v) is 5.77. The molecule has 0 spiro atoms. The fourth-order valence-electron chi connectivity index (χ4n) is 2.94. The first kappa shape index (κ1) is 18.8. The fraction of sp³-hybridized carbons (Fsp3) is 0.167. The Bertz CT molecular complexity index is 1090. The lowest BCUT2D eigenvalue weighted by Crippen LogP contribution is -2.53. The number of hydrogen-bond donors (Lipinski definition) is 2. The minimum Gasteiger partial charge on any atom is -0.508 e. The zero-order chi connectivity index (χ0) is 19.8. The van der Waals surface area contributed by atoms with Crippen LogP contribution < -0.4 is 10.2 Å². The summed E-state index contributed by atoms with van der Waals surface area (Å²) in [6, 6.07) is 9.33. The molecular weight excluding hydrogens is 423 g/mol. The molecule has 3 aromatic rings. The summed E-state index contributed by atoms with van der Waals surface area (Å²) in [6.07, 6.45) is 0. The van der Waals surface area contributed by atoms with Gasteiger partial charge in [-0.15, -0.1) is 0 Å². The van der Waals surface area contributed by atoms with E-state index in [9.17, 15) is 14.7 Å². The largest absolute Gasteiger partial charge is 0.508 e. The third kappa shape index (κ3) is 3.71. The summed E-state index contributed by atoms with van der Waals surface area (Å²) >= 11 is 13.3. The summed E-state index contributed by atoms with van der Waals surface area (Å²) in [5.74, 6) is -0.101. The molecule has 1 fully saturated rings. The molecule has 7 nitrogen and oxygen atoms in total. The van der Waals surface area contributed by atoms with E-state index in [2.05, 4.69) is 10.3 Å². The van der Waals surface area contributed by atoms with Crippen molar-refractivity contribution in [3.05, 3.63) is 46.4 Å². The van der Waals surface area contributed by atoms with Gasteiger partial charge in [0.15, 0.2) is 5.13 Å². The van der Waals surface area contributed by atoms with Gasteiger partial charge in [-0.2, -0.15) is 0 Å². The Morgan fingerprint density at radius 3 is 2.75 bits per heavy atom. The first-order chi connectivity index (χ1) is 13.4. The summed E-state index contributed by atoms with van der Waals surface area (Å²) < 4.78 is 0.758. The highest BCUT2D eigenvalue weighted by Gasteiger charge is 2.29. The average molecular weight is 437 g/mol. The van der Waals surface area contributed by atoms with Gasteiger partial charge >= 0.3 is 6.03 Å². The molecule has 0 atom stereocenters. The number of aromatic hydroxyl groups is 1. The van der Waals surface area contributed by atoms with E-state index in [1.165, 1.54) is 22.3 Å². The van der Waals surface area contributed by atoms with Crippen molar-refractivity contribution in [3.63, 3.8) is 0 Å². The van der Waals surface area contributed by atoms with E-state index in [-0.39, 0.29) is 18.2 Å². The van der Waals surface area contributed by atoms with Crippen molar-refractivity contribution in [1.82, 2.24) is 9.88 Å². The number of halogens is 2. The van der Waals surface area contributed by atoms with E-state index >= 15 is 0 Å². The number of aromatic nitrogens is 1. The number of amides is 3. The first-order valence-electron chi connectivity index (χ1n) is 8.31. The molecular formula is C18H14Cl2N4O3S. The molecule has 4 rings (SSSR count). The van der Waals surface area contributed by atoms with Gasteiger partial charge in [0.05, 0.1) is 20.9 Å². The minimum absolute atomic E-state index is 0.0729. The van der Waals surface area contributed by atoms with Gasteiger partial charge in [-0.3, -0.25) is 10.1 Å². The Hall–Kier alpha value is -2.55. The predicted octanol–water partition coefficient (Wildman–Crippen LogP) is 4.19. The summed E-state index contributed by atoms with van der Waals surface area (Å²) in [5.41, 5.74) is 1.25. The highest BCUT2D eigenvalue weighted by atomic mass is 35.5. The number of piperazine rings is 1. The van der Waals surface area contributed by atoms with E-state index in [1.54, 1.807) is 35.2 Å². The molecule has 2 heterocycles. The van der Waals surface area contributed by atoms with Crippen molar-refractivity contribution < 1.29 is 14.7 Å². The Morgan fingerprint density at radius 2 is 2.00 bits per heavy atom. The van der Waals surface area contributed by atoms with Crippen LogP contribution in [-0.4, -0.2) is 46.6 Å².